The first-order chi connectivity index (χ1) is 13.3. The molecule has 0 N–H and O–H groups in total. The van der Waals surface area contributed by atoms with Gasteiger partial charge in [0, 0.05) is 24.3 Å². The number of benzene rings is 2. The molecule has 3 heteroatoms. The molecule has 0 heterocycles. The summed E-state index contributed by atoms with van der Waals surface area (Å²) in [7, 11) is -2.96. The maximum atomic E-state index is 6.23. The molecule has 0 bridgehead atoms. The van der Waals surface area contributed by atoms with Gasteiger partial charge in [0.15, 0.2) is 0 Å². The molecule has 0 aromatic heterocycles. The van der Waals surface area contributed by atoms with Gasteiger partial charge >= 0.3 is 8.56 Å². The summed E-state index contributed by atoms with van der Waals surface area (Å²) >= 11 is 0. The van der Waals surface area contributed by atoms with E-state index in [1.165, 1.54) is 0 Å². The lowest BCUT2D eigenvalue weighted by Gasteiger charge is -2.20. The lowest BCUT2D eigenvalue weighted by molar-refractivity contribution is 0.188. The van der Waals surface area contributed by atoms with Gasteiger partial charge in [0.25, 0.3) is 0 Å². The van der Waals surface area contributed by atoms with Crippen molar-refractivity contribution in [3.05, 3.63) is 71.8 Å². The molecule has 0 saturated heterocycles. The van der Waals surface area contributed by atoms with Crippen molar-refractivity contribution in [2.45, 2.75) is 39.5 Å². The Balaban J connectivity index is 2.34. The summed E-state index contributed by atoms with van der Waals surface area (Å²) in [6, 6.07) is 19.9. The lowest BCUT2D eigenvalue weighted by Crippen LogP contribution is -2.41. The summed E-state index contributed by atoms with van der Waals surface area (Å²) in [5, 5.41) is 0. The van der Waals surface area contributed by atoms with Gasteiger partial charge in [-0.3, -0.25) is 0 Å². The van der Waals surface area contributed by atoms with Crippen molar-refractivity contribution in [2.75, 3.05) is 13.2 Å². The van der Waals surface area contributed by atoms with Crippen molar-refractivity contribution in [2.24, 2.45) is 0 Å². The van der Waals surface area contributed by atoms with E-state index in [1.54, 1.807) is 0 Å². The van der Waals surface area contributed by atoms with Gasteiger partial charge in [0.05, 0.1) is 0 Å². The average Bonchev–Trinajstić information content (AvgIpc) is 2.72. The van der Waals surface area contributed by atoms with Crippen LogP contribution in [-0.2, 0) is 8.85 Å². The molecular formula is C24H28O2Si. The predicted octanol–water partition coefficient (Wildman–Crippen LogP) is 5.24. The molecule has 0 aliphatic carbocycles. The quantitative estimate of drug-likeness (QED) is 0.356. The first-order valence-corrected chi connectivity index (χ1v) is 11.5. The van der Waals surface area contributed by atoms with Crippen molar-refractivity contribution < 1.29 is 8.85 Å². The van der Waals surface area contributed by atoms with Gasteiger partial charge in [-0.15, -0.1) is 0 Å². The standard InChI is InChI=1S/C24H28O2Si/c1-3-5-19-25-27(26-20-6-4-2,21-17-23-13-9-7-10-14-23)22-18-24-15-11-8-12-16-24/h7-16H,3-6,19-20H2,1-2H3. The molecule has 140 valence electrons. The van der Waals surface area contributed by atoms with E-state index in [4.69, 9.17) is 8.85 Å². The second-order valence-corrected chi connectivity index (χ2v) is 8.56. The molecule has 2 rings (SSSR count). The molecule has 0 unspecified atom stereocenters. The minimum atomic E-state index is -2.96. The first kappa shape index (κ1) is 21.0. The summed E-state index contributed by atoms with van der Waals surface area (Å²) in [5.74, 6) is 6.47. The molecule has 0 aliphatic heterocycles. The van der Waals surface area contributed by atoms with Crippen LogP contribution in [0.3, 0.4) is 0 Å². The van der Waals surface area contributed by atoms with E-state index in [0.29, 0.717) is 13.2 Å². The molecule has 0 atom stereocenters. The lowest BCUT2D eigenvalue weighted by atomic mass is 10.2. The van der Waals surface area contributed by atoms with E-state index >= 15 is 0 Å². The molecular weight excluding hydrogens is 348 g/mol. The molecule has 2 aromatic rings. The fourth-order valence-corrected chi connectivity index (χ4v) is 4.21. The minimum absolute atomic E-state index is 0.627. The summed E-state index contributed by atoms with van der Waals surface area (Å²) in [4.78, 5) is 0. The van der Waals surface area contributed by atoms with Gasteiger partial charge in [-0.25, -0.2) is 0 Å². The number of unbranched alkanes of at least 4 members (excludes halogenated alkanes) is 2. The van der Waals surface area contributed by atoms with Gasteiger partial charge in [-0.05, 0) is 37.1 Å². The third-order valence-electron chi connectivity index (χ3n) is 3.90. The maximum absolute atomic E-state index is 6.23. The highest BCUT2D eigenvalue weighted by Crippen LogP contribution is 2.10. The topological polar surface area (TPSA) is 18.5 Å². The zero-order chi connectivity index (χ0) is 19.2. The van der Waals surface area contributed by atoms with E-state index in [0.717, 1.165) is 36.8 Å². The zero-order valence-corrected chi connectivity index (χ0v) is 17.3. The number of rotatable bonds is 8. The van der Waals surface area contributed by atoms with E-state index in [1.807, 2.05) is 60.7 Å². The van der Waals surface area contributed by atoms with E-state index < -0.39 is 8.56 Å². The van der Waals surface area contributed by atoms with E-state index in [2.05, 4.69) is 36.8 Å². The van der Waals surface area contributed by atoms with Crippen LogP contribution in [0.25, 0.3) is 0 Å². The van der Waals surface area contributed by atoms with Gasteiger partial charge in [0.1, 0.15) is 0 Å². The molecule has 0 radical (unpaired) electrons. The zero-order valence-electron chi connectivity index (χ0n) is 16.3. The predicted molar refractivity (Wildman–Crippen MR) is 114 cm³/mol. The Bertz CT molecular complexity index is 710. The van der Waals surface area contributed by atoms with Crippen LogP contribution in [0.1, 0.15) is 50.7 Å². The van der Waals surface area contributed by atoms with Crippen molar-refractivity contribution in [1.29, 1.82) is 0 Å². The maximum Gasteiger partial charge on any atom is 0.511 e. The SMILES string of the molecule is CCCCO[Si](C#Cc1ccccc1)(C#Cc1ccccc1)OCCCC. The third-order valence-corrected chi connectivity index (χ3v) is 6.03. The first-order valence-electron chi connectivity index (χ1n) is 9.72. The van der Waals surface area contributed by atoms with Crippen LogP contribution >= 0.6 is 0 Å². The van der Waals surface area contributed by atoms with Crippen LogP contribution in [0.4, 0.5) is 0 Å². The highest BCUT2D eigenvalue weighted by atomic mass is 28.4. The van der Waals surface area contributed by atoms with Crippen LogP contribution in [0, 0.1) is 22.9 Å². The van der Waals surface area contributed by atoms with Crippen LogP contribution < -0.4 is 0 Å². The highest BCUT2D eigenvalue weighted by molar-refractivity contribution is 6.83. The Labute approximate surface area is 165 Å². The Morgan fingerprint density at radius 3 is 1.44 bits per heavy atom. The summed E-state index contributed by atoms with van der Waals surface area (Å²) in [5.41, 5.74) is 8.52. The molecule has 0 spiro atoms. The molecule has 2 aromatic carbocycles. The number of hydrogen-bond acceptors (Lipinski definition) is 2. The van der Waals surface area contributed by atoms with Crippen LogP contribution in [0.5, 0.6) is 0 Å². The molecule has 0 fully saturated rings. The van der Waals surface area contributed by atoms with E-state index in [9.17, 15) is 0 Å². The summed E-state index contributed by atoms with van der Waals surface area (Å²) in [6.07, 6.45) is 4.09. The van der Waals surface area contributed by atoms with Crippen LogP contribution in [0.2, 0.25) is 0 Å². The Morgan fingerprint density at radius 2 is 1.07 bits per heavy atom. The van der Waals surface area contributed by atoms with Crippen LogP contribution in [-0.4, -0.2) is 21.8 Å². The van der Waals surface area contributed by atoms with Gasteiger partial charge in [-0.1, -0.05) is 86.0 Å². The molecule has 2 nitrogen and oxygen atoms in total. The normalized spacial score (nSPS) is 10.4. The Hall–Kier alpha value is -2.30. The van der Waals surface area contributed by atoms with Crippen molar-refractivity contribution >= 4 is 8.56 Å². The largest absolute Gasteiger partial charge is 0.511 e. The van der Waals surface area contributed by atoms with Gasteiger partial charge in [-0.2, -0.15) is 0 Å². The Morgan fingerprint density at radius 1 is 0.667 bits per heavy atom. The van der Waals surface area contributed by atoms with Crippen molar-refractivity contribution in [3.63, 3.8) is 0 Å². The summed E-state index contributed by atoms with van der Waals surface area (Å²) < 4.78 is 12.5. The van der Waals surface area contributed by atoms with E-state index in [-0.39, 0.29) is 0 Å². The second-order valence-electron chi connectivity index (χ2n) is 6.25. The molecule has 0 saturated carbocycles. The molecule has 0 amide bonds. The molecule has 0 aliphatic rings. The highest BCUT2D eigenvalue weighted by Gasteiger charge is 2.35. The number of hydrogen-bond donors (Lipinski definition) is 0. The van der Waals surface area contributed by atoms with Gasteiger partial charge in [0.2, 0.25) is 0 Å². The monoisotopic (exact) mass is 376 g/mol. The minimum Gasteiger partial charge on any atom is -0.376 e. The smallest absolute Gasteiger partial charge is 0.376 e. The second kappa shape index (κ2) is 12.2. The van der Waals surface area contributed by atoms with Crippen molar-refractivity contribution in [1.82, 2.24) is 0 Å². The Kier molecular flexibility index (Phi) is 9.45. The fourth-order valence-electron chi connectivity index (χ4n) is 2.29. The summed E-state index contributed by atoms with van der Waals surface area (Å²) in [6.45, 7) is 5.55. The van der Waals surface area contributed by atoms with Crippen molar-refractivity contribution in [3.8, 4) is 22.9 Å². The fraction of sp³-hybridized carbons (Fsp3) is 0.333. The average molecular weight is 377 g/mol. The third kappa shape index (κ3) is 7.85. The molecule has 27 heavy (non-hydrogen) atoms. The van der Waals surface area contributed by atoms with Gasteiger partial charge < -0.3 is 8.85 Å². The van der Waals surface area contributed by atoms with Crippen LogP contribution in [0.15, 0.2) is 60.7 Å².